The van der Waals surface area contributed by atoms with E-state index in [1.165, 1.54) is 10.5 Å². The number of rotatable bonds is 7. The van der Waals surface area contributed by atoms with Gasteiger partial charge < -0.3 is 0 Å². The van der Waals surface area contributed by atoms with Crippen molar-refractivity contribution in [3.8, 4) is 0 Å². The molecular weight excluding hydrogens is 270 g/mol. The summed E-state index contributed by atoms with van der Waals surface area (Å²) in [5.41, 5.74) is 5.17. The summed E-state index contributed by atoms with van der Waals surface area (Å²) in [5, 5.41) is 8.09. The molecule has 0 fully saturated rings. The number of aromatic nitrogens is 3. The van der Waals surface area contributed by atoms with E-state index in [0.717, 1.165) is 24.4 Å². The summed E-state index contributed by atoms with van der Waals surface area (Å²) in [7, 11) is 0. The Kier molecular flexibility index (Phi) is 5.58. The minimum atomic E-state index is 0.0436. The lowest BCUT2D eigenvalue weighted by molar-refractivity contribution is 0.501. The third-order valence-electron chi connectivity index (χ3n) is 3.05. The van der Waals surface area contributed by atoms with Crippen LogP contribution in [0.15, 0.2) is 35.4 Å². The fourth-order valence-corrected chi connectivity index (χ4v) is 3.09. The SMILES string of the molecule is CCCn1nncc1C(CSc1cccc(C)c1)NN. The Morgan fingerprint density at radius 3 is 3.00 bits per heavy atom. The normalized spacial score (nSPS) is 12.6. The highest BCUT2D eigenvalue weighted by molar-refractivity contribution is 7.99. The van der Waals surface area contributed by atoms with Crippen LogP contribution in [0, 0.1) is 6.92 Å². The van der Waals surface area contributed by atoms with Gasteiger partial charge in [0.1, 0.15) is 0 Å². The zero-order chi connectivity index (χ0) is 14.4. The molecule has 3 N–H and O–H groups in total. The number of benzene rings is 1. The molecule has 0 saturated heterocycles. The predicted molar refractivity (Wildman–Crippen MR) is 82.3 cm³/mol. The standard InChI is InChI=1S/C14H21N5S/c1-3-7-19-14(9-16-18-19)13(17-15)10-20-12-6-4-5-11(2)8-12/h4-6,8-9,13,17H,3,7,10,15H2,1-2H3. The van der Waals surface area contributed by atoms with Crippen molar-refractivity contribution in [3.05, 3.63) is 41.7 Å². The largest absolute Gasteiger partial charge is 0.271 e. The van der Waals surface area contributed by atoms with Crippen LogP contribution in [0.5, 0.6) is 0 Å². The molecule has 0 amide bonds. The fraction of sp³-hybridized carbons (Fsp3) is 0.429. The highest BCUT2D eigenvalue weighted by Crippen LogP contribution is 2.24. The molecule has 0 spiro atoms. The molecule has 1 unspecified atom stereocenters. The Hall–Kier alpha value is -1.37. The summed E-state index contributed by atoms with van der Waals surface area (Å²) in [5.74, 6) is 6.54. The van der Waals surface area contributed by atoms with Crippen molar-refractivity contribution in [2.45, 2.75) is 37.8 Å². The zero-order valence-corrected chi connectivity index (χ0v) is 12.7. The van der Waals surface area contributed by atoms with E-state index in [2.05, 4.69) is 53.9 Å². The van der Waals surface area contributed by atoms with Crippen molar-refractivity contribution in [3.63, 3.8) is 0 Å². The third kappa shape index (κ3) is 3.82. The molecule has 108 valence electrons. The summed E-state index contributed by atoms with van der Waals surface area (Å²) in [6, 6.07) is 8.52. The second kappa shape index (κ2) is 7.42. The monoisotopic (exact) mass is 291 g/mol. The van der Waals surface area contributed by atoms with Gasteiger partial charge in [-0.15, -0.1) is 16.9 Å². The minimum absolute atomic E-state index is 0.0436. The number of hydrogen-bond donors (Lipinski definition) is 2. The van der Waals surface area contributed by atoms with Crippen molar-refractivity contribution in [2.75, 3.05) is 5.75 Å². The molecule has 0 aliphatic carbocycles. The van der Waals surface area contributed by atoms with Crippen LogP contribution in [-0.2, 0) is 6.54 Å². The molecule has 2 rings (SSSR count). The van der Waals surface area contributed by atoms with E-state index < -0.39 is 0 Å². The van der Waals surface area contributed by atoms with Crippen LogP contribution in [0.25, 0.3) is 0 Å². The highest BCUT2D eigenvalue weighted by Gasteiger charge is 2.15. The van der Waals surface area contributed by atoms with Gasteiger partial charge in [-0.05, 0) is 25.5 Å². The van der Waals surface area contributed by atoms with Gasteiger partial charge in [-0.25, -0.2) is 4.68 Å². The first-order valence-corrected chi connectivity index (χ1v) is 7.77. The van der Waals surface area contributed by atoms with Gasteiger partial charge in [0.25, 0.3) is 0 Å². The number of nitrogens with zero attached hydrogens (tertiary/aromatic N) is 3. The van der Waals surface area contributed by atoms with Crippen molar-refractivity contribution in [1.29, 1.82) is 0 Å². The van der Waals surface area contributed by atoms with Crippen LogP contribution in [0.3, 0.4) is 0 Å². The van der Waals surface area contributed by atoms with Crippen LogP contribution in [0.1, 0.15) is 30.6 Å². The minimum Gasteiger partial charge on any atom is -0.271 e. The molecule has 2 aromatic rings. The summed E-state index contributed by atoms with van der Waals surface area (Å²) >= 11 is 1.78. The first-order chi connectivity index (χ1) is 9.74. The highest BCUT2D eigenvalue weighted by atomic mass is 32.2. The third-order valence-corrected chi connectivity index (χ3v) is 4.13. The van der Waals surface area contributed by atoms with Crippen molar-refractivity contribution in [1.82, 2.24) is 20.4 Å². The number of nitrogens with one attached hydrogen (secondary N) is 1. The number of nitrogens with two attached hydrogens (primary N) is 1. The Balaban J connectivity index is 2.03. The number of thioether (sulfide) groups is 1. The van der Waals surface area contributed by atoms with Gasteiger partial charge in [-0.3, -0.25) is 11.3 Å². The van der Waals surface area contributed by atoms with Gasteiger partial charge in [0.05, 0.1) is 17.9 Å². The van der Waals surface area contributed by atoms with E-state index in [9.17, 15) is 0 Å². The van der Waals surface area contributed by atoms with Gasteiger partial charge in [0.15, 0.2) is 0 Å². The summed E-state index contributed by atoms with van der Waals surface area (Å²) < 4.78 is 1.92. The quantitative estimate of drug-likeness (QED) is 0.465. The molecule has 5 nitrogen and oxygen atoms in total. The maximum Gasteiger partial charge on any atom is 0.0778 e. The summed E-state index contributed by atoms with van der Waals surface area (Å²) in [6.07, 6.45) is 2.82. The second-order valence-corrected chi connectivity index (χ2v) is 5.82. The van der Waals surface area contributed by atoms with Crippen LogP contribution in [-0.4, -0.2) is 20.7 Å². The first-order valence-electron chi connectivity index (χ1n) is 6.78. The van der Waals surface area contributed by atoms with E-state index in [-0.39, 0.29) is 6.04 Å². The molecule has 1 aromatic heterocycles. The van der Waals surface area contributed by atoms with Gasteiger partial charge in [0.2, 0.25) is 0 Å². The van der Waals surface area contributed by atoms with Gasteiger partial charge in [-0.2, -0.15) is 0 Å². The lowest BCUT2D eigenvalue weighted by Crippen LogP contribution is -2.31. The molecule has 20 heavy (non-hydrogen) atoms. The average Bonchev–Trinajstić information content (AvgIpc) is 2.89. The van der Waals surface area contributed by atoms with Crippen LogP contribution < -0.4 is 11.3 Å². The van der Waals surface area contributed by atoms with Crippen molar-refractivity contribution in [2.24, 2.45) is 5.84 Å². The molecule has 0 saturated carbocycles. The maximum absolute atomic E-state index is 5.69. The molecule has 0 aliphatic heterocycles. The number of aryl methyl sites for hydroxylation is 2. The van der Waals surface area contributed by atoms with Crippen LogP contribution >= 0.6 is 11.8 Å². The lowest BCUT2D eigenvalue weighted by atomic mass is 10.2. The number of hydrazine groups is 1. The molecule has 0 bridgehead atoms. The molecule has 1 heterocycles. The summed E-state index contributed by atoms with van der Waals surface area (Å²) in [6.45, 7) is 5.09. The molecule has 6 heteroatoms. The van der Waals surface area contributed by atoms with Crippen LogP contribution in [0.4, 0.5) is 0 Å². The van der Waals surface area contributed by atoms with E-state index >= 15 is 0 Å². The molecule has 1 aromatic carbocycles. The predicted octanol–water partition coefficient (Wildman–Crippen LogP) is 2.29. The Bertz CT molecular complexity index is 540. The Morgan fingerprint density at radius 2 is 2.30 bits per heavy atom. The Morgan fingerprint density at radius 1 is 1.45 bits per heavy atom. The summed E-state index contributed by atoms with van der Waals surface area (Å²) in [4.78, 5) is 1.25. The maximum atomic E-state index is 5.69. The van der Waals surface area contributed by atoms with E-state index in [1.807, 2.05) is 4.68 Å². The average molecular weight is 291 g/mol. The van der Waals surface area contributed by atoms with Gasteiger partial charge in [-0.1, -0.05) is 29.8 Å². The first kappa shape index (κ1) is 15.0. The molecular formula is C14H21N5S. The van der Waals surface area contributed by atoms with Gasteiger partial charge >= 0.3 is 0 Å². The lowest BCUT2D eigenvalue weighted by Gasteiger charge is -2.16. The number of hydrogen-bond acceptors (Lipinski definition) is 5. The molecule has 0 radical (unpaired) electrons. The topological polar surface area (TPSA) is 68.8 Å². The zero-order valence-electron chi connectivity index (χ0n) is 11.9. The van der Waals surface area contributed by atoms with Crippen molar-refractivity contribution < 1.29 is 0 Å². The van der Waals surface area contributed by atoms with Gasteiger partial charge in [0, 0.05) is 17.2 Å². The Labute approximate surface area is 123 Å². The molecule has 0 aliphatic rings. The second-order valence-electron chi connectivity index (χ2n) is 4.73. The van der Waals surface area contributed by atoms with Crippen molar-refractivity contribution >= 4 is 11.8 Å². The smallest absolute Gasteiger partial charge is 0.0778 e. The fourth-order valence-electron chi connectivity index (χ4n) is 2.02. The van der Waals surface area contributed by atoms with E-state index in [1.54, 1.807) is 18.0 Å². The van der Waals surface area contributed by atoms with E-state index in [0.29, 0.717) is 0 Å². The van der Waals surface area contributed by atoms with E-state index in [4.69, 9.17) is 5.84 Å². The van der Waals surface area contributed by atoms with Crippen LogP contribution in [0.2, 0.25) is 0 Å². The molecule has 1 atom stereocenters.